The lowest BCUT2D eigenvalue weighted by atomic mass is 10.2. The summed E-state index contributed by atoms with van der Waals surface area (Å²) in [7, 11) is 0. The molecule has 0 saturated carbocycles. The predicted octanol–water partition coefficient (Wildman–Crippen LogP) is 4.66. The molecular formula is C12H8BrF2IN2. The largest absolute Gasteiger partial charge is 0.395 e. The maximum Gasteiger partial charge on any atom is 0.151 e. The van der Waals surface area contributed by atoms with Gasteiger partial charge < -0.3 is 11.1 Å². The van der Waals surface area contributed by atoms with Gasteiger partial charge >= 0.3 is 0 Å². The fourth-order valence-electron chi connectivity index (χ4n) is 1.42. The number of rotatable bonds is 2. The van der Waals surface area contributed by atoms with Crippen LogP contribution < -0.4 is 11.1 Å². The highest BCUT2D eigenvalue weighted by Crippen LogP contribution is 2.29. The average Bonchev–Trinajstić information content (AvgIpc) is 2.30. The van der Waals surface area contributed by atoms with Crippen molar-refractivity contribution in [1.29, 1.82) is 0 Å². The summed E-state index contributed by atoms with van der Waals surface area (Å²) < 4.78 is 28.3. The molecule has 2 aromatic carbocycles. The lowest BCUT2D eigenvalue weighted by Crippen LogP contribution is -2.00. The van der Waals surface area contributed by atoms with E-state index < -0.39 is 11.6 Å². The molecule has 0 aliphatic rings. The van der Waals surface area contributed by atoms with Gasteiger partial charge in [-0.2, -0.15) is 0 Å². The number of anilines is 3. The molecule has 0 spiro atoms. The minimum Gasteiger partial charge on any atom is -0.395 e. The molecule has 0 aliphatic heterocycles. The first-order valence-corrected chi connectivity index (χ1v) is 6.81. The fourth-order valence-corrected chi connectivity index (χ4v) is 2.18. The van der Waals surface area contributed by atoms with Crippen LogP contribution in [0.1, 0.15) is 0 Å². The Labute approximate surface area is 125 Å². The number of benzene rings is 2. The van der Waals surface area contributed by atoms with Gasteiger partial charge in [0.2, 0.25) is 0 Å². The number of nitrogens with two attached hydrogens (primary N) is 1. The Hall–Kier alpha value is -0.890. The third-order valence-electron chi connectivity index (χ3n) is 2.29. The standard InChI is InChI=1S/C12H8BrF2IN2/c13-8-2-1-7(5-10(8)16)18-11-4-6(14)3-9(15)12(11)17/h1-5,18H,17H2. The highest BCUT2D eigenvalue weighted by Gasteiger charge is 2.09. The minimum absolute atomic E-state index is 0.102. The lowest BCUT2D eigenvalue weighted by Gasteiger charge is -2.11. The average molecular weight is 425 g/mol. The van der Waals surface area contributed by atoms with Crippen LogP contribution >= 0.6 is 38.5 Å². The molecule has 0 saturated heterocycles. The van der Waals surface area contributed by atoms with Gasteiger partial charge in [-0.25, -0.2) is 8.78 Å². The van der Waals surface area contributed by atoms with Crippen molar-refractivity contribution in [3.8, 4) is 0 Å². The zero-order valence-electron chi connectivity index (χ0n) is 8.98. The van der Waals surface area contributed by atoms with Gasteiger partial charge in [0.05, 0.1) is 11.4 Å². The normalized spacial score (nSPS) is 10.4. The highest BCUT2D eigenvalue weighted by molar-refractivity contribution is 14.1. The van der Waals surface area contributed by atoms with Crippen molar-refractivity contribution in [3.05, 3.63) is 50.0 Å². The van der Waals surface area contributed by atoms with Crippen LogP contribution in [0.4, 0.5) is 25.8 Å². The zero-order valence-corrected chi connectivity index (χ0v) is 12.7. The fraction of sp³-hybridized carbons (Fsp3) is 0. The number of halogens is 4. The van der Waals surface area contributed by atoms with Crippen LogP contribution in [0.25, 0.3) is 0 Å². The van der Waals surface area contributed by atoms with Crippen molar-refractivity contribution >= 4 is 55.6 Å². The molecule has 0 amide bonds. The van der Waals surface area contributed by atoms with E-state index in [2.05, 4.69) is 43.8 Å². The van der Waals surface area contributed by atoms with Gasteiger partial charge in [0.25, 0.3) is 0 Å². The van der Waals surface area contributed by atoms with Crippen LogP contribution in [0.5, 0.6) is 0 Å². The van der Waals surface area contributed by atoms with Crippen molar-refractivity contribution in [2.24, 2.45) is 0 Å². The van der Waals surface area contributed by atoms with E-state index in [1.54, 1.807) is 6.07 Å². The van der Waals surface area contributed by atoms with Gasteiger partial charge in [-0.05, 0) is 62.8 Å². The maximum absolute atomic E-state index is 13.3. The molecule has 0 aliphatic carbocycles. The summed E-state index contributed by atoms with van der Waals surface area (Å²) in [5, 5.41) is 2.89. The molecule has 3 N–H and O–H groups in total. The van der Waals surface area contributed by atoms with E-state index in [4.69, 9.17) is 5.73 Å². The first-order valence-electron chi connectivity index (χ1n) is 4.94. The van der Waals surface area contributed by atoms with E-state index in [9.17, 15) is 8.78 Å². The SMILES string of the molecule is Nc1c(F)cc(F)cc1Nc1ccc(Br)c(I)c1. The van der Waals surface area contributed by atoms with Crippen molar-refractivity contribution in [1.82, 2.24) is 0 Å². The topological polar surface area (TPSA) is 38.0 Å². The third-order valence-corrected chi connectivity index (χ3v) is 4.62. The molecule has 2 rings (SSSR count). The summed E-state index contributed by atoms with van der Waals surface area (Å²) in [5.74, 6) is -1.44. The van der Waals surface area contributed by atoms with E-state index >= 15 is 0 Å². The van der Waals surface area contributed by atoms with E-state index in [0.29, 0.717) is 5.69 Å². The number of hydrogen-bond acceptors (Lipinski definition) is 2. The summed E-state index contributed by atoms with van der Waals surface area (Å²) in [6.07, 6.45) is 0. The Balaban J connectivity index is 2.36. The van der Waals surface area contributed by atoms with Gasteiger partial charge in [0, 0.05) is 19.8 Å². The Morgan fingerprint density at radius 3 is 2.56 bits per heavy atom. The molecule has 2 nitrogen and oxygen atoms in total. The van der Waals surface area contributed by atoms with E-state index in [-0.39, 0.29) is 11.4 Å². The van der Waals surface area contributed by atoms with Crippen LogP contribution in [-0.2, 0) is 0 Å². The van der Waals surface area contributed by atoms with Crippen LogP contribution in [0.2, 0.25) is 0 Å². The van der Waals surface area contributed by atoms with Crippen LogP contribution in [0.15, 0.2) is 34.8 Å². The molecule has 2 aromatic rings. The number of nitrogen functional groups attached to an aromatic ring is 1. The quantitative estimate of drug-likeness (QED) is 0.543. The molecule has 0 unspecified atom stereocenters. The first kappa shape index (κ1) is 13.5. The Bertz CT molecular complexity index is 605. The molecule has 0 aromatic heterocycles. The van der Waals surface area contributed by atoms with Crippen LogP contribution in [0, 0.1) is 15.2 Å². The number of hydrogen-bond donors (Lipinski definition) is 2. The Morgan fingerprint density at radius 2 is 1.89 bits per heavy atom. The second kappa shape index (κ2) is 5.40. The summed E-state index contributed by atoms with van der Waals surface area (Å²) in [4.78, 5) is 0. The smallest absolute Gasteiger partial charge is 0.151 e. The van der Waals surface area contributed by atoms with Gasteiger partial charge in [-0.1, -0.05) is 0 Å². The molecule has 0 fully saturated rings. The van der Waals surface area contributed by atoms with Crippen LogP contribution in [-0.4, -0.2) is 0 Å². The van der Waals surface area contributed by atoms with E-state index in [1.807, 2.05) is 12.1 Å². The first-order chi connectivity index (χ1) is 8.47. The zero-order chi connectivity index (χ0) is 13.3. The molecular weight excluding hydrogens is 417 g/mol. The van der Waals surface area contributed by atoms with Crippen molar-refractivity contribution in [2.75, 3.05) is 11.1 Å². The second-order valence-electron chi connectivity index (χ2n) is 3.60. The molecule has 0 atom stereocenters. The molecule has 0 bridgehead atoms. The molecule has 6 heteroatoms. The van der Waals surface area contributed by atoms with E-state index in [1.165, 1.54) is 0 Å². The van der Waals surface area contributed by atoms with Crippen molar-refractivity contribution in [3.63, 3.8) is 0 Å². The predicted molar refractivity (Wildman–Crippen MR) is 80.9 cm³/mol. The summed E-state index contributed by atoms with van der Waals surface area (Å²) in [5.41, 5.74) is 6.37. The summed E-state index contributed by atoms with van der Waals surface area (Å²) in [6.45, 7) is 0. The van der Waals surface area contributed by atoms with Crippen molar-refractivity contribution in [2.45, 2.75) is 0 Å². The minimum atomic E-state index is -0.774. The number of nitrogens with one attached hydrogen (secondary N) is 1. The molecule has 0 radical (unpaired) electrons. The second-order valence-corrected chi connectivity index (χ2v) is 5.62. The lowest BCUT2D eigenvalue weighted by molar-refractivity contribution is 0.587. The van der Waals surface area contributed by atoms with Gasteiger partial charge in [-0.15, -0.1) is 0 Å². The van der Waals surface area contributed by atoms with Gasteiger partial charge in [0.1, 0.15) is 5.82 Å². The molecule has 94 valence electrons. The Kier molecular flexibility index (Phi) is 4.06. The molecule has 18 heavy (non-hydrogen) atoms. The highest BCUT2D eigenvalue weighted by atomic mass is 127. The third kappa shape index (κ3) is 2.92. The summed E-state index contributed by atoms with van der Waals surface area (Å²) >= 11 is 5.52. The Morgan fingerprint density at radius 1 is 1.17 bits per heavy atom. The maximum atomic E-state index is 13.3. The van der Waals surface area contributed by atoms with Crippen molar-refractivity contribution < 1.29 is 8.78 Å². The molecule has 0 heterocycles. The van der Waals surface area contributed by atoms with Gasteiger partial charge in [0.15, 0.2) is 5.82 Å². The van der Waals surface area contributed by atoms with Gasteiger partial charge in [-0.3, -0.25) is 0 Å². The van der Waals surface area contributed by atoms with E-state index in [0.717, 1.165) is 20.2 Å². The monoisotopic (exact) mass is 424 g/mol. The van der Waals surface area contributed by atoms with Crippen LogP contribution in [0.3, 0.4) is 0 Å². The summed E-state index contributed by atoms with van der Waals surface area (Å²) in [6, 6.07) is 7.39.